The molecule has 186 valence electrons. The predicted molar refractivity (Wildman–Crippen MR) is 152 cm³/mol. The van der Waals surface area contributed by atoms with Crippen LogP contribution in [0.3, 0.4) is 0 Å². The summed E-state index contributed by atoms with van der Waals surface area (Å²) in [5.41, 5.74) is 13.6. The molecule has 0 saturated heterocycles. The smallest absolute Gasteiger partial charge is 0.267 e. The van der Waals surface area contributed by atoms with E-state index in [1.54, 1.807) is 14.2 Å². The Balaban J connectivity index is 1.68. The number of thiophene rings is 1. The molecule has 0 bridgehead atoms. The molecule has 7 heteroatoms. The zero-order valence-electron chi connectivity index (χ0n) is 21.1. The molecule has 0 radical (unpaired) electrons. The summed E-state index contributed by atoms with van der Waals surface area (Å²) >= 11 is 1.29. The van der Waals surface area contributed by atoms with E-state index in [9.17, 15) is 4.79 Å². The highest BCUT2D eigenvalue weighted by Crippen LogP contribution is 2.43. The number of aryl methyl sites for hydroxylation is 2. The van der Waals surface area contributed by atoms with E-state index in [-0.39, 0.29) is 5.91 Å². The van der Waals surface area contributed by atoms with Crippen LogP contribution >= 0.6 is 11.3 Å². The Morgan fingerprint density at radius 1 is 0.865 bits per heavy atom. The summed E-state index contributed by atoms with van der Waals surface area (Å²) in [5, 5.41) is 3.73. The second-order valence-electron chi connectivity index (χ2n) is 8.77. The Labute approximate surface area is 219 Å². The van der Waals surface area contributed by atoms with Crippen molar-refractivity contribution in [2.24, 2.45) is 0 Å². The fourth-order valence-electron chi connectivity index (χ4n) is 4.28. The lowest BCUT2D eigenvalue weighted by Crippen LogP contribution is -2.12. The van der Waals surface area contributed by atoms with Crippen LogP contribution in [0.25, 0.3) is 32.6 Å². The Hall–Kier alpha value is -4.36. The molecule has 0 aliphatic heterocycles. The standard InChI is InChI=1S/C30H27N3O3S/c1-17-10-12-21(14-18(17)2)32-29(34)28-27(31)26-22(20-11-13-24(35-3)25(15-20)36-4)16-23(33-30(26)37-28)19-8-6-5-7-9-19/h5-16H,31H2,1-4H3,(H,32,34). The SMILES string of the molecule is COc1ccc(-c2cc(-c3ccccc3)nc3sc(C(=O)Nc4ccc(C)c(C)c4)c(N)c23)cc1OC. The molecule has 0 unspecified atom stereocenters. The van der Waals surface area contributed by atoms with Crippen LogP contribution in [-0.4, -0.2) is 25.1 Å². The van der Waals surface area contributed by atoms with E-state index in [0.29, 0.717) is 26.9 Å². The lowest BCUT2D eigenvalue weighted by Gasteiger charge is -2.12. The molecular weight excluding hydrogens is 482 g/mol. The summed E-state index contributed by atoms with van der Waals surface area (Å²) in [7, 11) is 3.21. The van der Waals surface area contributed by atoms with Crippen LogP contribution in [0.5, 0.6) is 11.5 Å². The fourth-order valence-corrected chi connectivity index (χ4v) is 5.30. The minimum absolute atomic E-state index is 0.261. The van der Waals surface area contributed by atoms with Gasteiger partial charge in [-0.05, 0) is 66.4 Å². The number of anilines is 2. The highest BCUT2D eigenvalue weighted by molar-refractivity contribution is 7.21. The Morgan fingerprint density at radius 2 is 1.62 bits per heavy atom. The number of rotatable bonds is 6. The van der Waals surface area contributed by atoms with Crippen LogP contribution < -0.4 is 20.5 Å². The first kappa shape index (κ1) is 24.3. The van der Waals surface area contributed by atoms with Crippen molar-refractivity contribution in [2.45, 2.75) is 13.8 Å². The van der Waals surface area contributed by atoms with E-state index < -0.39 is 0 Å². The molecule has 0 aliphatic carbocycles. The van der Waals surface area contributed by atoms with Gasteiger partial charge in [0.15, 0.2) is 11.5 Å². The van der Waals surface area contributed by atoms with Crippen LogP contribution in [-0.2, 0) is 0 Å². The molecule has 0 saturated carbocycles. The number of carbonyl (C=O) groups excluding carboxylic acids is 1. The van der Waals surface area contributed by atoms with E-state index >= 15 is 0 Å². The number of methoxy groups -OCH3 is 2. The molecule has 6 nitrogen and oxygen atoms in total. The van der Waals surface area contributed by atoms with Crippen LogP contribution in [0.15, 0.2) is 72.8 Å². The summed E-state index contributed by atoms with van der Waals surface area (Å²) in [6, 6.07) is 23.5. The highest BCUT2D eigenvalue weighted by atomic mass is 32.1. The number of aromatic nitrogens is 1. The Kier molecular flexibility index (Phi) is 6.54. The quantitative estimate of drug-likeness (QED) is 0.255. The third-order valence-electron chi connectivity index (χ3n) is 6.43. The fraction of sp³-hybridized carbons (Fsp3) is 0.133. The summed E-state index contributed by atoms with van der Waals surface area (Å²) in [6.07, 6.45) is 0. The summed E-state index contributed by atoms with van der Waals surface area (Å²) < 4.78 is 11.0. The molecule has 3 aromatic carbocycles. The van der Waals surface area contributed by atoms with Crippen molar-refractivity contribution in [3.63, 3.8) is 0 Å². The van der Waals surface area contributed by atoms with E-state index in [4.69, 9.17) is 20.2 Å². The van der Waals surface area contributed by atoms with E-state index in [1.165, 1.54) is 11.3 Å². The number of pyridine rings is 1. The second kappa shape index (κ2) is 9.95. The number of amides is 1. The van der Waals surface area contributed by atoms with Gasteiger partial charge in [-0.2, -0.15) is 0 Å². The number of ether oxygens (including phenoxy) is 2. The summed E-state index contributed by atoms with van der Waals surface area (Å²) in [5.74, 6) is 0.975. The molecule has 0 atom stereocenters. The number of carbonyl (C=O) groups is 1. The molecule has 2 aromatic heterocycles. The summed E-state index contributed by atoms with van der Waals surface area (Å²) in [6.45, 7) is 4.06. The first-order valence-electron chi connectivity index (χ1n) is 11.8. The zero-order chi connectivity index (χ0) is 26.1. The molecule has 3 N–H and O–H groups in total. The maximum absolute atomic E-state index is 13.3. The number of nitrogens with one attached hydrogen (secondary N) is 1. The number of nitrogens with zero attached hydrogens (tertiary/aromatic N) is 1. The number of nitrogen functional groups attached to an aromatic ring is 1. The lowest BCUT2D eigenvalue weighted by molar-refractivity contribution is 0.103. The summed E-state index contributed by atoms with van der Waals surface area (Å²) in [4.78, 5) is 19.4. The number of hydrogen-bond acceptors (Lipinski definition) is 6. The molecule has 5 rings (SSSR count). The highest BCUT2D eigenvalue weighted by Gasteiger charge is 2.22. The van der Waals surface area contributed by atoms with E-state index in [1.807, 2.05) is 86.6 Å². The van der Waals surface area contributed by atoms with Crippen LogP contribution in [0.4, 0.5) is 11.4 Å². The third-order valence-corrected chi connectivity index (χ3v) is 7.53. The maximum atomic E-state index is 13.3. The van der Waals surface area contributed by atoms with Crippen LogP contribution in [0, 0.1) is 13.8 Å². The number of fused-ring (bicyclic) bond motifs is 1. The lowest BCUT2D eigenvalue weighted by atomic mass is 9.99. The van der Waals surface area contributed by atoms with Gasteiger partial charge in [0.05, 0.1) is 25.6 Å². The van der Waals surface area contributed by atoms with Crippen molar-refractivity contribution in [1.82, 2.24) is 4.98 Å². The van der Waals surface area contributed by atoms with Crippen molar-refractivity contribution in [3.8, 4) is 33.9 Å². The predicted octanol–water partition coefficient (Wildman–Crippen LogP) is 7.10. The van der Waals surface area contributed by atoms with Gasteiger partial charge in [-0.1, -0.05) is 42.5 Å². The molecular formula is C30H27N3O3S. The number of benzene rings is 3. The molecule has 1 amide bonds. The number of hydrogen-bond donors (Lipinski definition) is 2. The van der Waals surface area contributed by atoms with Gasteiger partial charge in [0.1, 0.15) is 9.71 Å². The molecule has 0 fully saturated rings. The van der Waals surface area contributed by atoms with E-state index in [2.05, 4.69) is 5.32 Å². The van der Waals surface area contributed by atoms with Gasteiger partial charge in [-0.25, -0.2) is 4.98 Å². The minimum Gasteiger partial charge on any atom is -0.493 e. The van der Waals surface area contributed by atoms with Gasteiger partial charge in [-0.3, -0.25) is 4.79 Å². The third kappa shape index (κ3) is 4.61. The van der Waals surface area contributed by atoms with Gasteiger partial charge in [-0.15, -0.1) is 11.3 Å². The van der Waals surface area contributed by atoms with Gasteiger partial charge < -0.3 is 20.5 Å². The Bertz CT molecular complexity index is 1630. The number of nitrogens with two attached hydrogens (primary N) is 1. The second-order valence-corrected chi connectivity index (χ2v) is 9.77. The van der Waals surface area contributed by atoms with Crippen LogP contribution in [0.2, 0.25) is 0 Å². The van der Waals surface area contributed by atoms with Crippen molar-refractivity contribution in [1.29, 1.82) is 0 Å². The first-order chi connectivity index (χ1) is 17.9. The molecule has 2 heterocycles. The van der Waals surface area contributed by atoms with Gasteiger partial charge in [0.2, 0.25) is 0 Å². The van der Waals surface area contributed by atoms with Crippen molar-refractivity contribution < 1.29 is 14.3 Å². The van der Waals surface area contributed by atoms with Crippen molar-refractivity contribution in [2.75, 3.05) is 25.3 Å². The Morgan fingerprint density at radius 3 is 2.32 bits per heavy atom. The topological polar surface area (TPSA) is 86.5 Å². The average Bonchev–Trinajstić information content (AvgIpc) is 3.26. The van der Waals surface area contributed by atoms with Crippen molar-refractivity contribution >= 4 is 38.8 Å². The van der Waals surface area contributed by atoms with Gasteiger partial charge in [0.25, 0.3) is 5.91 Å². The largest absolute Gasteiger partial charge is 0.493 e. The minimum atomic E-state index is -0.261. The first-order valence-corrected chi connectivity index (χ1v) is 12.6. The van der Waals surface area contributed by atoms with Gasteiger partial charge in [0, 0.05) is 16.6 Å². The zero-order valence-corrected chi connectivity index (χ0v) is 21.9. The van der Waals surface area contributed by atoms with Crippen LogP contribution in [0.1, 0.15) is 20.8 Å². The molecule has 0 spiro atoms. The maximum Gasteiger partial charge on any atom is 0.267 e. The van der Waals surface area contributed by atoms with Crippen molar-refractivity contribution in [3.05, 3.63) is 88.8 Å². The van der Waals surface area contributed by atoms with E-state index in [0.717, 1.165) is 44.6 Å². The average molecular weight is 510 g/mol. The normalized spacial score (nSPS) is 10.9. The van der Waals surface area contributed by atoms with Gasteiger partial charge >= 0.3 is 0 Å². The molecule has 5 aromatic rings. The molecule has 0 aliphatic rings. The molecule has 37 heavy (non-hydrogen) atoms. The monoisotopic (exact) mass is 509 g/mol.